The Labute approximate surface area is 100 Å². The molecule has 2 rings (SSSR count). The average molecular weight is 258 g/mol. The number of nitro groups is 1. The fourth-order valence-corrected chi connectivity index (χ4v) is 2.72. The average Bonchev–Trinajstić information content (AvgIpc) is 2.78. The minimum Gasteiger partial charge on any atom is -0.480 e. The van der Waals surface area contributed by atoms with Crippen LogP contribution in [0, 0.1) is 10.1 Å². The van der Waals surface area contributed by atoms with Gasteiger partial charge in [-0.15, -0.1) is 11.8 Å². The van der Waals surface area contributed by atoms with Crippen LogP contribution in [0.3, 0.4) is 0 Å². The van der Waals surface area contributed by atoms with Crippen molar-refractivity contribution < 1.29 is 19.2 Å². The molecular weight excluding hydrogens is 248 g/mol. The molecule has 7 nitrogen and oxygen atoms in total. The van der Waals surface area contributed by atoms with Gasteiger partial charge in [0.25, 0.3) is 0 Å². The summed E-state index contributed by atoms with van der Waals surface area (Å²) in [7, 11) is 0. The summed E-state index contributed by atoms with van der Waals surface area (Å²) in [6, 6.07) is 2.13. The highest BCUT2D eigenvalue weighted by molar-refractivity contribution is 7.99. The van der Waals surface area contributed by atoms with Crippen molar-refractivity contribution in [1.29, 1.82) is 0 Å². The summed E-state index contributed by atoms with van der Waals surface area (Å²) in [5, 5.41) is 21.9. The molecule has 17 heavy (non-hydrogen) atoms. The van der Waals surface area contributed by atoms with E-state index in [0.29, 0.717) is 17.9 Å². The number of carbonyl (C=O) groups is 1. The van der Waals surface area contributed by atoms with Crippen molar-refractivity contribution in [2.75, 3.05) is 5.75 Å². The van der Waals surface area contributed by atoms with E-state index in [1.54, 1.807) is 0 Å². The normalized spacial score (nSPS) is 24.5. The third-order valence-electron chi connectivity index (χ3n) is 2.39. The molecule has 0 bridgehead atoms. The van der Waals surface area contributed by atoms with Crippen molar-refractivity contribution in [3.8, 4) is 0 Å². The first-order chi connectivity index (χ1) is 8.08. The van der Waals surface area contributed by atoms with Crippen LogP contribution in [0.1, 0.15) is 17.6 Å². The minimum absolute atomic E-state index is 0.333. The second-order valence-electron chi connectivity index (χ2n) is 3.53. The molecule has 8 heteroatoms. The number of furan rings is 1. The fourth-order valence-electron chi connectivity index (χ4n) is 1.56. The zero-order chi connectivity index (χ0) is 12.4. The Bertz CT molecular complexity index is 446. The van der Waals surface area contributed by atoms with Crippen LogP contribution in [0.15, 0.2) is 16.5 Å². The number of nitrogens with one attached hydrogen (secondary N) is 1. The van der Waals surface area contributed by atoms with Gasteiger partial charge in [0.2, 0.25) is 0 Å². The van der Waals surface area contributed by atoms with E-state index in [1.165, 1.54) is 23.9 Å². The van der Waals surface area contributed by atoms with Crippen LogP contribution in [0.4, 0.5) is 5.88 Å². The van der Waals surface area contributed by atoms with Gasteiger partial charge in [-0.2, -0.15) is 0 Å². The van der Waals surface area contributed by atoms with Gasteiger partial charge in [-0.05, 0) is 18.2 Å². The lowest BCUT2D eigenvalue weighted by molar-refractivity contribution is -0.402. The topological polar surface area (TPSA) is 106 Å². The number of nitrogens with zero attached hydrogens (tertiary/aromatic N) is 1. The molecular formula is C9H10N2O5S. The largest absolute Gasteiger partial charge is 0.480 e. The van der Waals surface area contributed by atoms with Gasteiger partial charge in [0.05, 0.1) is 6.07 Å². The molecule has 0 aromatic carbocycles. The van der Waals surface area contributed by atoms with Gasteiger partial charge in [-0.3, -0.25) is 20.2 Å². The molecule has 0 saturated carbocycles. The van der Waals surface area contributed by atoms with Crippen molar-refractivity contribution >= 4 is 23.6 Å². The van der Waals surface area contributed by atoms with Crippen molar-refractivity contribution in [3.05, 3.63) is 28.0 Å². The Kier molecular flexibility index (Phi) is 3.34. The summed E-state index contributed by atoms with van der Waals surface area (Å²) in [6.45, 7) is 0. The summed E-state index contributed by atoms with van der Waals surface area (Å²) in [5.41, 5.74) is 0. The zero-order valence-corrected chi connectivity index (χ0v) is 9.48. The molecule has 1 fully saturated rings. The van der Waals surface area contributed by atoms with E-state index in [9.17, 15) is 14.9 Å². The van der Waals surface area contributed by atoms with Crippen molar-refractivity contribution in [1.82, 2.24) is 5.32 Å². The number of carboxylic acids is 1. The summed E-state index contributed by atoms with van der Waals surface area (Å²) in [6.07, 6.45) is 0.527. The van der Waals surface area contributed by atoms with Gasteiger partial charge in [0.15, 0.2) is 0 Å². The third-order valence-corrected chi connectivity index (χ3v) is 3.57. The molecule has 2 N–H and O–H groups in total. The monoisotopic (exact) mass is 258 g/mol. The van der Waals surface area contributed by atoms with Gasteiger partial charge in [-0.25, -0.2) is 0 Å². The van der Waals surface area contributed by atoms with Gasteiger partial charge in [-0.1, -0.05) is 0 Å². The summed E-state index contributed by atoms with van der Waals surface area (Å²) < 4.78 is 5.04. The van der Waals surface area contributed by atoms with E-state index >= 15 is 0 Å². The van der Waals surface area contributed by atoms with E-state index in [2.05, 4.69) is 5.32 Å². The standard InChI is InChI=1S/C9H10N2O5S/c12-9(13)5-3-4-17-8(10-5)6-1-2-7(16-6)11(14)15/h1-2,5,8,10H,3-4H2,(H,12,13). The molecule has 1 aromatic rings. The van der Waals surface area contributed by atoms with E-state index in [1.807, 2.05) is 0 Å². The Balaban J connectivity index is 2.10. The van der Waals surface area contributed by atoms with Crippen LogP contribution in [0.2, 0.25) is 0 Å². The Morgan fingerprint density at radius 3 is 3.00 bits per heavy atom. The van der Waals surface area contributed by atoms with Gasteiger partial charge in [0.1, 0.15) is 22.1 Å². The Hall–Kier alpha value is -1.54. The number of hydrogen-bond donors (Lipinski definition) is 2. The molecule has 0 aliphatic carbocycles. The predicted molar refractivity (Wildman–Crippen MR) is 59.7 cm³/mol. The van der Waals surface area contributed by atoms with Crippen molar-refractivity contribution in [2.24, 2.45) is 0 Å². The van der Waals surface area contributed by atoms with Crippen LogP contribution in [0.5, 0.6) is 0 Å². The molecule has 2 atom stereocenters. The van der Waals surface area contributed by atoms with E-state index in [4.69, 9.17) is 9.52 Å². The molecule has 1 aliphatic heterocycles. The number of rotatable bonds is 3. The van der Waals surface area contributed by atoms with E-state index < -0.39 is 16.9 Å². The summed E-state index contributed by atoms with van der Waals surface area (Å²) >= 11 is 1.47. The second kappa shape index (κ2) is 4.76. The molecule has 1 aliphatic rings. The maximum absolute atomic E-state index is 10.8. The molecule has 2 heterocycles. The molecule has 1 aromatic heterocycles. The molecule has 92 valence electrons. The quantitative estimate of drug-likeness (QED) is 0.622. The van der Waals surface area contributed by atoms with Crippen LogP contribution in [0.25, 0.3) is 0 Å². The lowest BCUT2D eigenvalue weighted by Gasteiger charge is -2.26. The first-order valence-electron chi connectivity index (χ1n) is 4.92. The van der Waals surface area contributed by atoms with Crippen LogP contribution in [-0.4, -0.2) is 27.8 Å². The summed E-state index contributed by atoms with van der Waals surface area (Å²) in [5.74, 6) is -0.202. The highest BCUT2D eigenvalue weighted by Gasteiger charge is 2.30. The highest BCUT2D eigenvalue weighted by Crippen LogP contribution is 2.34. The number of hydrogen-bond acceptors (Lipinski definition) is 6. The highest BCUT2D eigenvalue weighted by atomic mass is 32.2. The molecule has 0 spiro atoms. The molecule has 0 amide bonds. The first-order valence-corrected chi connectivity index (χ1v) is 5.97. The summed E-state index contributed by atoms with van der Waals surface area (Å²) in [4.78, 5) is 20.7. The minimum atomic E-state index is -0.920. The Morgan fingerprint density at radius 1 is 1.65 bits per heavy atom. The molecule has 1 saturated heterocycles. The lowest BCUT2D eigenvalue weighted by Crippen LogP contribution is -2.41. The van der Waals surface area contributed by atoms with Crippen LogP contribution >= 0.6 is 11.8 Å². The van der Waals surface area contributed by atoms with Crippen molar-refractivity contribution in [3.63, 3.8) is 0 Å². The number of carboxylic acid groups (broad SMARTS) is 1. The van der Waals surface area contributed by atoms with Crippen molar-refractivity contribution in [2.45, 2.75) is 17.8 Å². The number of aliphatic carboxylic acids is 1. The van der Waals surface area contributed by atoms with E-state index in [-0.39, 0.29) is 11.3 Å². The maximum atomic E-state index is 10.8. The van der Waals surface area contributed by atoms with E-state index in [0.717, 1.165) is 0 Å². The fraction of sp³-hybridized carbons (Fsp3) is 0.444. The van der Waals surface area contributed by atoms with Gasteiger partial charge < -0.3 is 9.52 Å². The van der Waals surface area contributed by atoms with Crippen LogP contribution < -0.4 is 5.32 Å². The SMILES string of the molecule is O=C(O)C1CCSC(c2ccc([N+](=O)[O-])o2)N1. The smallest absolute Gasteiger partial charge is 0.433 e. The number of thioether (sulfide) groups is 1. The zero-order valence-electron chi connectivity index (χ0n) is 8.66. The Morgan fingerprint density at radius 2 is 2.41 bits per heavy atom. The van der Waals surface area contributed by atoms with Gasteiger partial charge >= 0.3 is 11.9 Å². The predicted octanol–water partition coefficient (Wildman–Crippen LogP) is 1.37. The second-order valence-corrected chi connectivity index (χ2v) is 4.74. The third kappa shape index (κ3) is 2.59. The first kappa shape index (κ1) is 11.9. The molecule has 2 unspecified atom stereocenters. The molecule has 0 radical (unpaired) electrons. The lowest BCUT2D eigenvalue weighted by atomic mass is 10.2. The maximum Gasteiger partial charge on any atom is 0.433 e. The van der Waals surface area contributed by atoms with Gasteiger partial charge in [0, 0.05) is 0 Å². The van der Waals surface area contributed by atoms with Crippen LogP contribution in [-0.2, 0) is 4.79 Å².